The van der Waals surface area contributed by atoms with Crippen molar-refractivity contribution >= 4 is 17.8 Å². The summed E-state index contributed by atoms with van der Waals surface area (Å²) in [7, 11) is 0. The highest BCUT2D eigenvalue weighted by atomic mass is 16.2. The van der Waals surface area contributed by atoms with Crippen molar-refractivity contribution in [1.29, 1.82) is 0 Å². The Morgan fingerprint density at radius 1 is 1.56 bits per heavy atom. The highest BCUT2D eigenvalue weighted by molar-refractivity contribution is 5.90. The van der Waals surface area contributed by atoms with Gasteiger partial charge in [0.05, 0.1) is 6.54 Å². The molecule has 0 saturated carbocycles. The van der Waals surface area contributed by atoms with Crippen LogP contribution in [0.2, 0.25) is 0 Å². The zero-order valence-electron chi connectivity index (χ0n) is 10.7. The Morgan fingerprint density at radius 3 is 2.72 bits per heavy atom. The van der Waals surface area contributed by atoms with Crippen LogP contribution in [-0.4, -0.2) is 48.4 Å². The first-order valence-corrected chi connectivity index (χ1v) is 6.07. The Hall–Kier alpha value is -1.79. The Bertz CT molecular complexity index is 345. The van der Waals surface area contributed by atoms with Crippen molar-refractivity contribution in [3.8, 4) is 0 Å². The summed E-state index contributed by atoms with van der Waals surface area (Å²) in [5.41, 5.74) is 5.08. The monoisotopic (exact) mass is 256 g/mol. The predicted molar refractivity (Wildman–Crippen MR) is 65.6 cm³/mol. The van der Waals surface area contributed by atoms with E-state index in [1.165, 1.54) is 4.90 Å². The summed E-state index contributed by atoms with van der Waals surface area (Å²) in [6, 6.07) is -1.39. The maximum Gasteiger partial charge on any atom is 0.312 e. The van der Waals surface area contributed by atoms with E-state index in [4.69, 9.17) is 5.73 Å². The Labute approximate surface area is 106 Å². The van der Waals surface area contributed by atoms with Gasteiger partial charge in [-0.25, -0.2) is 4.79 Å². The molecule has 4 N–H and O–H groups in total. The highest BCUT2D eigenvalue weighted by Gasteiger charge is 2.31. The first-order valence-electron chi connectivity index (χ1n) is 6.07. The van der Waals surface area contributed by atoms with Crippen molar-refractivity contribution in [3.05, 3.63) is 0 Å². The van der Waals surface area contributed by atoms with E-state index in [9.17, 15) is 14.4 Å². The number of nitrogens with zero attached hydrogens (tertiary/aromatic N) is 1. The number of carbonyl (C=O) groups excluding carboxylic acids is 3. The quantitative estimate of drug-likeness (QED) is 0.602. The van der Waals surface area contributed by atoms with E-state index in [1.54, 1.807) is 0 Å². The van der Waals surface area contributed by atoms with Crippen molar-refractivity contribution in [3.63, 3.8) is 0 Å². The molecule has 0 aliphatic carbocycles. The van der Waals surface area contributed by atoms with Gasteiger partial charge in [-0.2, -0.15) is 0 Å². The SMILES string of the molecule is CCC(C)C(NC(N)=O)C(=O)N1CCNC(=O)C1. The molecule has 102 valence electrons. The fourth-order valence-electron chi connectivity index (χ4n) is 1.86. The van der Waals surface area contributed by atoms with Crippen LogP contribution in [0.25, 0.3) is 0 Å². The van der Waals surface area contributed by atoms with Crippen LogP contribution in [0.15, 0.2) is 0 Å². The molecule has 7 nitrogen and oxygen atoms in total. The molecule has 0 aromatic rings. The third-order valence-electron chi connectivity index (χ3n) is 3.13. The van der Waals surface area contributed by atoms with Gasteiger partial charge in [-0.1, -0.05) is 20.3 Å². The third kappa shape index (κ3) is 3.61. The van der Waals surface area contributed by atoms with Gasteiger partial charge in [0, 0.05) is 13.1 Å². The maximum absolute atomic E-state index is 12.3. The maximum atomic E-state index is 12.3. The number of urea groups is 1. The second-order valence-electron chi connectivity index (χ2n) is 4.48. The van der Waals surface area contributed by atoms with E-state index in [1.807, 2.05) is 13.8 Å². The third-order valence-corrected chi connectivity index (χ3v) is 3.13. The summed E-state index contributed by atoms with van der Waals surface area (Å²) in [5.74, 6) is -0.468. The van der Waals surface area contributed by atoms with Crippen LogP contribution in [0, 0.1) is 5.92 Å². The van der Waals surface area contributed by atoms with Crippen LogP contribution in [0.1, 0.15) is 20.3 Å². The van der Waals surface area contributed by atoms with Gasteiger partial charge in [-0.05, 0) is 5.92 Å². The lowest BCUT2D eigenvalue weighted by atomic mass is 9.97. The Balaban J connectivity index is 2.74. The second-order valence-corrected chi connectivity index (χ2v) is 4.48. The second kappa shape index (κ2) is 6.23. The molecule has 1 aliphatic rings. The first kappa shape index (κ1) is 14.3. The Morgan fingerprint density at radius 2 is 2.22 bits per heavy atom. The summed E-state index contributed by atoms with van der Waals surface area (Å²) in [4.78, 5) is 35.9. The van der Waals surface area contributed by atoms with Crippen LogP contribution in [0.3, 0.4) is 0 Å². The van der Waals surface area contributed by atoms with Gasteiger partial charge >= 0.3 is 6.03 Å². The smallest absolute Gasteiger partial charge is 0.312 e. The molecule has 1 rings (SSSR count). The minimum atomic E-state index is -0.727. The molecule has 1 fully saturated rings. The largest absolute Gasteiger partial charge is 0.353 e. The Kier molecular flexibility index (Phi) is 4.94. The number of hydrogen-bond acceptors (Lipinski definition) is 3. The van der Waals surface area contributed by atoms with Crippen LogP contribution in [0.4, 0.5) is 4.79 Å². The number of nitrogens with one attached hydrogen (secondary N) is 2. The molecule has 0 bridgehead atoms. The van der Waals surface area contributed by atoms with E-state index >= 15 is 0 Å². The topological polar surface area (TPSA) is 105 Å². The number of piperazine rings is 1. The standard InChI is InChI=1S/C11H20N4O3/c1-3-7(2)9(14-11(12)18)10(17)15-5-4-13-8(16)6-15/h7,9H,3-6H2,1-2H3,(H,13,16)(H3,12,14,18). The molecule has 7 heteroatoms. The van der Waals surface area contributed by atoms with Crippen LogP contribution >= 0.6 is 0 Å². The molecule has 4 amide bonds. The van der Waals surface area contributed by atoms with Gasteiger partial charge in [0.25, 0.3) is 0 Å². The van der Waals surface area contributed by atoms with Crippen molar-refractivity contribution in [1.82, 2.24) is 15.5 Å². The number of rotatable bonds is 4. The summed E-state index contributed by atoms with van der Waals surface area (Å²) in [6.45, 7) is 4.72. The molecule has 1 heterocycles. The first-order chi connectivity index (χ1) is 8.45. The molecule has 0 radical (unpaired) electrons. The molecule has 2 unspecified atom stereocenters. The number of carbonyl (C=O) groups is 3. The van der Waals surface area contributed by atoms with Crippen LogP contribution in [0.5, 0.6) is 0 Å². The van der Waals surface area contributed by atoms with E-state index in [0.717, 1.165) is 6.42 Å². The van der Waals surface area contributed by atoms with Gasteiger partial charge in [0.15, 0.2) is 0 Å². The van der Waals surface area contributed by atoms with E-state index < -0.39 is 12.1 Å². The summed E-state index contributed by atoms with van der Waals surface area (Å²) >= 11 is 0. The van der Waals surface area contributed by atoms with Gasteiger partial charge in [0.2, 0.25) is 11.8 Å². The van der Waals surface area contributed by atoms with E-state index in [0.29, 0.717) is 13.1 Å². The molecular formula is C11H20N4O3. The number of nitrogens with two attached hydrogens (primary N) is 1. The van der Waals surface area contributed by atoms with E-state index in [2.05, 4.69) is 10.6 Å². The fourth-order valence-corrected chi connectivity index (χ4v) is 1.86. The molecule has 1 aliphatic heterocycles. The van der Waals surface area contributed by atoms with Crippen LogP contribution in [-0.2, 0) is 9.59 Å². The molecule has 0 spiro atoms. The number of hydrogen-bond donors (Lipinski definition) is 3. The highest BCUT2D eigenvalue weighted by Crippen LogP contribution is 2.11. The lowest BCUT2D eigenvalue weighted by Crippen LogP contribution is -2.58. The van der Waals surface area contributed by atoms with Crippen LogP contribution < -0.4 is 16.4 Å². The van der Waals surface area contributed by atoms with E-state index in [-0.39, 0.29) is 24.3 Å². The molecule has 2 atom stereocenters. The number of amides is 4. The molecule has 18 heavy (non-hydrogen) atoms. The van der Waals surface area contributed by atoms with Gasteiger partial charge in [0.1, 0.15) is 6.04 Å². The summed E-state index contributed by atoms with van der Waals surface area (Å²) in [6.07, 6.45) is 0.733. The normalized spacial score (nSPS) is 18.8. The van der Waals surface area contributed by atoms with Crippen molar-refractivity contribution in [2.75, 3.05) is 19.6 Å². The number of primary amides is 1. The predicted octanol–water partition coefficient (Wildman–Crippen LogP) is -0.972. The zero-order chi connectivity index (χ0) is 13.7. The molecule has 0 aromatic carbocycles. The molecular weight excluding hydrogens is 236 g/mol. The van der Waals surface area contributed by atoms with Crippen molar-refractivity contribution in [2.24, 2.45) is 11.7 Å². The lowest BCUT2D eigenvalue weighted by molar-refractivity contribution is -0.140. The average Bonchev–Trinajstić information content (AvgIpc) is 2.34. The minimum Gasteiger partial charge on any atom is -0.353 e. The van der Waals surface area contributed by atoms with Crippen molar-refractivity contribution in [2.45, 2.75) is 26.3 Å². The molecule has 0 aromatic heterocycles. The van der Waals surface area contributed by atoms with Gasteiger partial charge in [-0.15, -0.1) is 0 Å². The minimum absolute atomic E-state index is 0.0324. The fraction of sp³-hybridized carbons (Fsp3) is 0.727. The van der Waals surface area contributed by atoms with Crippen molar-refractivity contribution < 1.29 is 14.4 Å². The van der Waals surface area contributed by atoms with Gasteiger partial charge in [-0.3, -0.25) is 9.59 Å². The average molecular weight is 256 g/mol. The summed E-state index contributed by atoms with van der Waals surface area (Å²) < 4.78 is 0. The van der Waals surface area contributed by atoms with Gasteiger partial charge < -0.3 is 21.3 Å². The summed E-state index contributed by atoms with van der Waals surface area (Å²) in [5, 5.41) is 5.10. The molecule has 1 saturated heterocycles. The zero-order valence-corrected chi connectivity index (χ0v) is 10.7. The lowest BCUT2D eigenvalue weighted by Gasteiger charge is -2.32.